The van der Waals surface area contributed by atoms with Crippen LogP contribution in [0.1, 0.15) is 81.0 Å². The van der Waals surface area contributed by atoms with E-state index in [0.717, 1.165) is 44.3 Å². The van der Waals surface area contributed by atoms with E-state index < -0.39 is 36.2 Å². The van der Waals surface area contributed by atoms with Crippen LogP contribution in [0.2, 0.25) is 0 Å². The summed E-state index contributed by atoms with van der Waals surface area (Å²) < 4.78 is 42.2. The Balaban J connectivity index is 1.15. The van der Waals surface area contributed by atoms with Gasteiger partial charge >= 0.3 is 5.97 Å². The van der Waals surface area contributed by atoms with Crippen molar-refractivity contribution in [2.75, 3.05) is 26.4 Å². The van der Waals surface area contributed by atoms with Gasteiger partial charge in [0.25, 0.3) is 0 Å². The van der Waals surface area contributed by atoms with Gasteiger partial charge in [-0.3, -0.25) is 9.59 Å². The fraction of sp³-hybridized carbons (Fsp3) is 0.553. The molecule has 11 nitrogen and oxygen atoms in total. The van der Waals surface area contributed by atoms with Gasteiger partial charge < -0.3 is 43.1 Å². The summed E-state index contributed by atoms with van der Waals surface area (Å²) >= 11 is 0. The summed E-state index contributed by atoms with van der Waals surface area (Å²) in [5.74, 6) is -1.02. The zero-order valence-corrected chi connectivity index (χ0v) is 27.9. The number of esters is 1. The third kappa shape index (κ3) is 12.0. The molecule has 3 fully saturated rings. The van der Waals surface area contributed by atoms with E-state index in [4.69, 9.17) is 33.2 Å². The Morgan fingerprint density at radius 2 is 1.61 bits per heavy atom. The second kappa shape index (κ2) is 19.5. The summed E-state index contributed by atoms with van der Waals surface area (Å²) in [4.78, 5) is 36.5. The molecule has 0 radical (unpaired) electrons. The number of aromatic carboxylic acids is 1. The third-order valence-electron chi connectivity index (χ3n) is 8.81. The third-order valence-corrected chi connectivity index (χ3v) is 8.81. The van der Waals surface area contributed by atoms with Crippen molar-refractivity contribution >= 4 is 17.7 Å². The van der Waals surface area contributed by atoms with Crippen LogP contribution in [0.15, 0.2) is 66.7 Å². The summed E-state index contributed by atoms with van der Waals surface area (Å²) in [6.07, 6.45) is 9.60. The Kier molecular flexibility index (Phi) is 14.6. The summed E-state index contributed by atoms with van der Waals surface area (Å²) in [5.41, 5.74) is 0.0118. The van der Waals surface area contributed by atoms with Gasteiger partial charge in [-0.1, -0.05) is 30.4 Å². The standard InChI is InChI=1S/C38H48O11/c39-32-24-33(49-36-17-9-11-23-44-36)37(46-26-30(48-35-16-8-10-22-43-35)25-45-28-12-4-3-5-13-28)31(32)14-6-1-2-7-15-34(40)47-29-20-18-27(19-21-29)38(41)42/h1,3-6,12-13,18-21,30-31,33,35-37H,2,7-11,14-17,22-26H2,(H,41,42)/p-1/b6-1+. The highest BCUT2D eigenvalue weighted by Gasteiger charge is 2.45. The molecule has 5 rings (SSSR count). The summed E-state index contributed by atoms with van der Waals surface area (Å²) in [6, 6.07) is 15.1. The quantitative estimate of drug-likeness (QED) is 0.0916. The molecule has 3 aliphatic rings. The Morgan fingerprint density at radius 1 is 0.878 bits per heavy atom. The lowest BCUT2D eigenvalue weighted by molar-refractivity contribution is -0.255. The molecule has 11 heteroatoms. The van der Waals surface area contributed by atoms with Crippen LogP contribution < -0.4 is 14.6 Å². The number of ketones is 1. The zero-order chi connectivity index (χ0) is 34.3. The van der Waals surface area contributed by atoms with Gasteiger partial charge in [0, 0.05) is 26.1 Å². The molecule has 49 heavy (non-hydrogen) atoms. The van der Waals surface area contributed by atoms with Crippen molar-refractivity contribution in [3.05, 3.63) is 72.3 Å². The van der Waals surface area contributed by atoms with Crippen molar-refractivity contribution in [1.82, 2.24) is 0 Å². The minimum Gasteiger partial charge on any atom is -0.545 e. The van der Waals surface area contributed by atoms with E-state index in [1.54, 1.807) is 0 Å². The van der Waals surface area contributed by atoms with Crippen LogP contribution >= 0.6 is 0 Å². The van der Waals surface area contributed by atoms with Crippen LogP contribution in [-0.4, -0.2) is 75.0 Å². The van der Waals surface area contributed by atoms with Crippen LogP contribution in [0.4, 0.5) is 0 Å². The first-order valence-electron chi connectivity index (χ1n) is 17.5. The first kappa shape index (κ1) is 36.7. The highest BCUT2D eigenvalue weighted by atomic mass is 16.7. The number of carbonyl (C=O) groups excluding carboxylic acids is 3. The Labute approximate surface area is 287 Å². The molecule has 2 aromatic rings. The summed E-state index contributed by atoms with van der Waals surface area (Å²) in [6.45, 7) is 1.76. The maximum Gasteiger partial charge on any atom is 0.311 e. The van der Waals surface area contributed by atoms with Gasteiger partial charge in [-0.2, -0.15) is 0 Å². The molecular weight excluding hydrogens is 632 g/mol. The first-order chi connectivity index (χ1) is 23.9. The monoisotopic (exact) mass is 679 g/mol. The lowest BCUT2D eigenvalue weighted by atomic mass is 9.99. The number of unbranched alkanes of at least 4 members (excludes halogenated alkanes) is 1. The number of ether oxygens (including phenoxy) is 7. The van der Waals surface area contributed by atoms with Crippen molar-refractivity contribution < 1.29 is 52.6 Å². The molecule has 0 spiro atoms. The molecule has 1 aliphatic carbocycles. The average molecular weight is 680 g/mol. The molecule has 2 aliphatic heterocycles. The predicted octanol–water partition coefficient (Wildman–Crippen LogP) is 4.95. The molecular formula is C38H47O11-. The lowest BCUT2D eigenvalue weighted by Gasteiger charge is -2.32. The van der Waals surface area contributed by atoms with Gasteiger partial charge in [0.1, 0.15) is 30.0 Å². The van der Waals surface area contributed by atoms with Gasteiger partial charge in [-0.25, -0.2) is 0 Å². The van der Waals surface area contributed by atoms with Crippen LogP contribution in [-0.2, 0) is 33.3 Å². The number of allylic oxidation sites excluding steroid dienone is 2. The summed E-state index contributed by atoms with van der Waals surface area (Å²) in [7, 11) is 0. The number of para-hydroxylation sites is 1. The maximum absolute atomic E-state index is 13.3. The molecule has 6 atom stereocenters. The number of carboxylic acids is 1. The second-order valence-corrected chi connectivity index (χ2v) is 12.6. The van der Waals surface area contributed by atoms with E-state index in [9.17, 15) is 19.5 Å². The molecule has 266 valence electrons. The van der Waals surface area contributed by atoms with Gasteiger partial charge in [0.2, 0.25) is 0 Å². The number of carbonyl (C=O) groups is 3. The molecule has 2 saturated heterocycles. The first-order valence-corrected chi connectivity index (χ1v) is 17.5. The highest BCUT2D eigenvalue weighted by molar-refractivity contribution is 5.86. The van der Waals surface area contributed by atoms with Crippen molar-refractivity contribution in [1.29, 1.82) is 0 Å². The van der Waals surface area contributed by atoms with Gasteiger partial charge in [-0.05, 0) is 99.7 Å². The molecule has 1 saturated carbocycles. The number of carboxylic acid groups (broad SMARTS) is 1. The highest BCUT2D eigenvalue weighted by Crippen LogP contribution is 2.33. The van der Waals surface area contributed by atoms with E-state index in [0.29, 0.717) is 32.5 Å². The Bertz CT molecular complexity index is 1330. The minimum absolute atomic E-state index is 0.0118. The lowest BCUT2D eigenvalue weighted by Crippen LogP contribution is -2.40. The molecule has 6 unspecified atom stereocenters. The molecule has 2 heterocycles. The van der Waals surface area contributed by atoms with Crippen LogP contribution in [0.3, 0.4) is 0 Å². The van der Waals surface area contributed by atoms with Crippen LogP contribution in [0, 0.1) is 5.92 Å². The smallest absolute Gasteiger partial charge is 0.311 e. The minimum atomic E-state index is -1.29. The van der Waals surface area contributed by atoms with Crippen LogP contribution in [0.5, 0.6) is 11.5 Å². The van der Waals surface area contributed by atoms with Crippen molar-refractivity contribution in [2.24, 2.45) is 5.92 Å². The topological polar surface area (TPSA) is 139 Å². The zero-order valence-electron chi connectivity index (χ0n) is 27.9. The number of benzene rings is 2. The fourth-order valence-electron chi connectivity index (χ4n) is 6.19. The number of rotatable bonds is 18. The van der Waals surface area contributed by atoms with Crippen molar-refractivity contribution in [2.45, 2.75) is 102 Å². The maximum atomic E-state index is 13.3. The normalized spacial score (nSPS) is 24.9. The van der Waals surface area contributed by atoms with Crippen molar-refractivity contribution in [3.8, 4) is 11.5 Å². The van der Waals surface area contributed by atoms with E-state index >= 15 is 0 Å². The molecule has 0 N–H and O–H groups in total. The van der Waals surface area contributed by atoms with Gasteiger partial charge in [-0.15, -0.1) is 0 Å². The Hall–Kier alpha value is -3.61. The van der Waals surface area contributed by atoms with Crippen molar-refractivity contribution in [3.63, 3.8) is 0 Å². The number of Topliss-reactive ketones (excluding diaryl/α,β-unsaturated/α-hetero) is 1. The van der Waals surface area contributed by atoms with Gasteiger partial charge in [0.15, 0.2) is 12.6 Å². The van der Waals surface area contributed by atoms with E-state index in [2.05, 4.69) is 0 Å². The van der Waals surface area contributed by atoms with E-state index in [-0.39, 0.29) is 55.7 Å². The molecule has 0 aromatic heterocycles. The SMILES string of the molecule is O=C(CCC/C=C/CC1C(=O)CC(OC2CCCCO2)C1OCC(COc1ccccc1)OC1CCCCO1)Oc1ccc(C(=O)[O-])cc1. The summed E-state index contributed by atoms with van der Waals surface area (Å²) in [5, 5.41) is 10.9. The molecule has 2 aromatic carbocycles. The number of hydrogen-bond donors (Lipinski definition) is 0. The van der Waals surface area contributed by atoms with Gasteiger partial charge in [0.05, 0.1) is 30.7 Å². The van der Waals surface area contributed by atoms with E-state index in [1.807, 2.05) is 42.5 Å². The molecule has 0 bridgehead atoms. The van der Waals surface area contributed by atoms with Crippen LogP contribution in [0.25, 0.3) is 0 Å². The molecule has 0 amide bonds. The average Bonchev–Trinajstić information content (AvgIpc) is 3.41. The number of hydrogen-bond acceptors (Lipinski definition) is 11. The van der Waals surface area contributed by atoms with E-state index in [1.165, 1.54) is 24.3 Å². The fourth-order valence-corrected chi connectivity index (χ4v) is 6.19. The largest absolute Gasteiger partial charge is 0.545 e. The Morgan fingerprint density at radius 3 is 2.31 bits per heavy atom. The predicted molar refractivity (Wildman–Crippen MR) is 176 cm³/mol. The second-order valence-electron chi connectivity index (χ2n) is 12.6.